The third-order valence-corrected chi connectivity index (χ3v) is 2.82. The normalized spacial score (nSPS) is 12.4. The molecular weight excluding hydrogens is 229 g/mol. The highest BCUT2D eigenvalue weighted by Gasteiger charge is 2.19. The number of aromatic nitrogens is 2. The Bertz CT molecular complexity index is 514. The van der Waals surface area contributed by atoms with Crippen LogP contribution in [-0.4, -0.2) is 16.5 Å². The van der Waals surface area contributed by atoms with Gasteiger partial charge in [0.15, 0.2) is 0 Å². The van der Waals surface area contributed by atoms with E-state index in [9.17, 15) is 4.39 Å². The minimum absolute atomic E-state index is 0.186. The van der Waals surface area contributed by atoms with Crippen molar-refractivity contribution >= 4 is 0 Å². The van der Waals surface area contributed by atoms with Crippen LogP contribution in [0.1, 0.15) is 29.8 Å². The highest BCUT2D eigenvalue weighted by molar-refractivity contribution is 5.32. The maximum Gasteiger partial charge on any atom is 0.131 e. The Balaban J connectivity index is 2.45. The van der Waals surface area contributed by atoms with Gasteiger partial charge in [-0.25, -0.2) is 4.39 Å². The van der Waals surface area contributed by atoms with Gasteiger partial charge < -0.3 is 5.32 Å². The van der Waals surface area contributed by atoms with Crippen molar-refractivity contribution < 1.29 is 4.39 Å². The van der Waals surface area contributed by atoms with E-state index in [1.54, 1.807) is 37.6 Å². The first kappa shape index (κ1) is 12.6. The van der Waals surface area contributed by atoms with Crippen LogP contribution in [0, 0.1) is 12.7 Å². The zero-order chi connectivity index (χ0) is 13.0. The van der Waals surface area contributed by atoms with Gasteiger partial charge in [-0.2, -0.15) is 0 Å². The molecule has 0 fully saturated rings. The topological polar surface area (TPSA) is 37.8 Å². The van der Waals surface area contributed by atoms with Gasteiger partial charge in [-0.05, 0) is 19.0 Å². The molecule has 1 unspecified atom stereocenters. The maximum absolute atomic E-state index is 14.2. The van der Waals surface area contributed by atoms with Gasteiger partial charge in [0, 0.05) is 18.0 Å². The average molecular weight is 245 g/mol. The molecule has 0 radical (unpaired) electrons. The number of hydrogen-bond acceptors (Lipinski definition) is 3. The van der Waals surface area contributed by atoms with E-state index >= 15 is 0 Å². The van der Waals surface area contributed by atoms with Crippen LogP contribution in [0.3, 0.4) is 0 Å². The van der Waals surface area contributed by atoms with Crippen LogP contribution in [0.5, 0.6) is 0 Å². The van der Waals surface area contributed by atoms with E-state index in [0.29, 0.717) is 11.1 Å². The molecule has 0 saturated carbocycles. The minimum atomic E-state index is -0.261. The van der Waals surface area contributed by atoms with Crippen LogP contribution in [0.4, 0.5) is 4.39 Å². The maximum atomic E-state index is 14.2. The number of nitrogens with one attached hydrogen (secondary N) is 1. The zero-order valence-corrected chi connectivity index (χ0v) is 10.5. The first-order valence-corrected chi connectivity index (χ1v) is 5.98. The number of halogens is 1. The second kappa shape index (κ2) is 5.69. The summed E-state index contributed by atoms with van der Waals surface area (Å²) in [4.78, 5) is 8.29. The molecule has 0 amide bonds. The summed E-state index contributed by atoms with van der Waals surface area (Å²) in [5, 5.41) is 3.24. The molecule has 18 heavy (non-hydrogen) atoms. The molecule has 3 nitrogen and oxygen atoms in total. The summed E-state index contributed by atoms with van der Waals surface area (Å²) in [6.07, 6.45) is 4.89. The number of benzene rings is 1. The number of rotatable bonds is 4. The Labute approximate surface area is 106 Å². The fourth-order valence-corrected chi connectivity index (χ4v) is 1.93. The van der Waals surface area contributed by atoms with Gasteiger partial charge in [-0.1, -0.05) is 25.1 Å². The molecule has 0 aliphatic rings. The lowest BCUT2D eigenvalue weighted by Crippen LogP contribution is -2.24. The Hall–Kier alpha value is -1.81. The molecule has 1 aromatic heterocycles. The lowest BCUT2D eigenvalue weighted by Gasteiger charge is -2.18. The van der Waals surface area contributed by atoms with Crippen LogP contribution in [0.15, 0.2) is 36.8 Å². The van der Waals surface area contributed by atoms with E-state index in [-0.39, 0.29) is 11.9 Å². The number of nitrogens with zero attached hydrogens (tertiary/aromatic N) is 2. The quantitative estimate of drug-likeness (QED) is 0.899. The van der Waals surface area contributed by atoms with Gasteiger partial charge in [0.25, 0.3) is 0 Å². The van der Waals surface area contributed by atoms with Crippen LogP contribution in [0.2, 0.25) is 0 Å². The Morgan fingerprint density at radius 1 is 1.33 bits per heavy atom. The van der Waals surface area contributed by atoms with Gasteiger partial charge in [0.2, 0.25) is 0 Å². The summed E-state index contributed by atoms with van der Waals surface area (Å²) < 4.78 is 14.2. The monoisotopic (exact) mass is 245 g/mol. The summed E-state index contributed by atoms with van der Waals surface area (Å²) >= 11 is 0. The van der Waals surface area contributed by atoms with Crippen LogP contribution >= 0.6 is 0 Å². The molecule has 1 aromatic carbocycles. The van der Waals surface area contributed by atoms with Crippen molar-refractivity contribution in [2.24, 2.45) is 0 Å². The van der Waals surface area contributed by atoms with Gasteiger partial charge in [0.1, 0.15) is 5.82 Å². The van der Waals surface area contributed by atoms with E-state index in [4.69, 9.17) is 0 Å². The summed E-state index contributed by atoms with van der Waals surface area (Å²) in [5.74, 6) is -0.186. The lowest BCUT2D eigenvalue weighted by atomic mass is 10.0. The van der Waals surface area contributed by atoms with E-state index in [0.717, 1.165) is 12.2 Å². The summed E-state index contributed by atoms with van der Waals surface area (Å²) in [6, 6.07) is 5.14. The third-order valence-electron chi connectivity index (χ3n) is 2.82. The van der Waals surface area contributed by atoms with E-state index < -0.39 is 0 Å². The van der Waals surface area contributed by atoms with E-state index in [1.165, 1.54) is 0 Å². The summed E-state index contributed by atoms with van der Waals surface area (Å²) in [5.41, 5.74) is 1.97. The Kier molecular flexibility index (Phi) is 3.99. The second-order valence-electron chi connectivity index (χ2n) is 4.10. The van der Waals surface area contributed by atoms with Gasteiger partial charge in [0.05, 0.1) is 17.9 Å². The first-order chi connectivity index (χ1) is 8.74. The van der Waals surface area contributed by atoms with Crippen molar-refractivity contribution in [2.75, 3.05) is 6.54 Å². The lowest BCUT2D eigenvalue weighted by molar-refractivity contribution is 0.546. The molecule has 1 heterocycles. The predicted molar refractivity (Wildman–Crippen MR) is 68.7 cm³/mol. The van der Waals surface area contributed by atoms with Crippen LogP contribution in [-0.2, 0) is 0 Å². The molecular formula is C14H16FN3. The molecule has 4 heteroatoms. The smallest absolute Gasteiger partial charge is 0.131 e. The van der Waals surface area contributed by atoms with Crippen LogP contribution in [0.25, 0.3) is 0 Å². The Morgan fingerprint density at radius 3 is 2.83 bits per heavy atom. The van der Waals surface area contributed by atoms with Crippen molar-refractivity contribution in [1.29, 1.82) is 0 Å². The van der Waals surface area contributed by atoms with Crippen molar-refractivity contribution in [3.8, 4) is 0 Å². The highest BCUT2D eigenvalue weighted by Crippen LogP contribution is 2.24. The molecule has 1 N–H and O–H groups in total. The van der Waals surface area contributed by atoms with Crippen LogP contribution < -0.4 is 5.32 Å². The van der Waals surface area contributed by atoms with Gasteiger partial charge in [-0.3, -0.25) is 9.97 Å². The second-order valence-corrected chi connectivity index (χ2v) is 4.10. The molecule has 0 bridgehead atoms. The fraction of sp³-hybridized carbons (Fsp3) is 0.286. The highest BCUT2D eigenvalue weighted by atomic mass is 19.1. The van der Waals surface area contributed by atoms with Crippen molar-refractivity contribution in [2.45, 2.75) is 19.9 Å². The molecule has 0 aliphatic carbocycles. The standard InChI is InChI=1S/C14H16FN3/c1-3-17-14(12-9-16-7-8-18-12)11-6-4-5-10(2)13(11)15/h4-9,14,17H,3H2,1-2H3. The van der Waals surface area contributed by atoms with E-state index in [1.807, 2.05) is 13.0 Å². The largest absolute Gasteiger partial charge is 0.305 e. The molecule has 2 rings (SSSR count). The molecule has 0 aliphatic heterocycles. The number of hydrogen-bond donors (Lipinski definition) is 1. The molecule has 0 saturated heterocycles. The predicted octanol–water partition coefficient (Wildman–Crippen LogP) is 2.62. The van der Waals surface area contributed by atoms with Crippen molar-refractivity contribution in [3.63, 3.8) is 0 Å². The van der Waals surface area contributed by atoms with Crippen molar-refractivity contribution in [3.05, 3.63) is 59.4 Å². The minimum Gasteiger partial charge on any atom is -0.305 e. The molecule has 2 aromatic rings. The third kappa shape index (κ3) is 2.54. The zero-order valence-electron chi connectivity index (χ0n) is 10.5. The molecule has 0 spiro atoms. The molecule has 94 valence electrons. The molecule has 1 atom stereocenters. The van der Waals surface area contributed by atoms with Crippen molar-refractivity contribution in [1.82, 2.24) is 15.3 Å². The van der Waals surface area contributed by atoms with Gasteiger partial charge in [-0.15, -0.1) is 0 Å². The average Bonchev–Trinajstić information content (AvgIpc) is 2.41. The summed E-state index contributed by atoms with van der Waals surface area (Å²) in [6.45, 7) is 4.48. The summed E-state index contributed by atoms with van der Waals surface area (Å²) in [7, 11) is 0. The SMILES string of the molecule is CCNC(c1cnccn1)c1cccc(C)c1F. The number of aryl methyl sites for hydroxylation is 1. The van der Waals surface area contributed by atoms with E-state index in [2.05, 4.69) is 15.3 Å². The fourth-order valence-electron chi connectivity index (χ4n) is 1.93. The Morgan fingerprint density at radius 2 is 2.17 bits per heavy atom. The van der Waals surface area contributed by atoms with Gasteiger partial charge >= 0.3 is 0 Å². The first-order valence-electron chi connectivity index (χ1n) is 5.98.